The van der Waals surface area contributed by atoms with Gasteiger partial charge in [-0.05, 0) is 61.4 Å². The second-order valence-electron chi connectivity index (χ2n) is 5.28. The van der Waals surface area contributed by atoms with Crippen LogP contribution in [-0.4, -0.2) is 0 Å². The molecule has 0 bridgehead atoms. The summed E-state index contributed by atoms with van der Waals surface area (Å²) in [5.41, 5.74) is 6.74. The van der Waals surface area contributed by atoms with E-state index in [1.54, 1.807) is 0 Å². The van der Waals surface area contributed by atoms with Crippen LogP contribution in [0.3, 0.4) is 0 Å². The molecule has 2 aromatic rings. The minimum atomic E-state index is 0.0993. The van der Waals surface area contributed by atoms with Crippen molar-refractivity contribution in [2.24, 2.45) is 0 Å². The van der Waals surface area contributed by atoms with Crippen LogP contribution in [0.5, 0.6) is 0 Å². The topological polar surface area (TPSA) is 0 Å². The highest BCUT2D eigenvalue weighted by Gasteiger charge is 2.09. The second-order valence-corrected chi connectivity index (χ2v) is 5.81. The number of hydrogen-bond donors (Lipinski definition) is 0. The van der Waals surface area contributed by atoms with Gasteiger partial charge in [-0.15, -0.1) is 11.6 Å². The summed E-state index contributed by atoms with van der Waals surface area (Å²) in [6, 6.07) is 14.9. The van der Waals surface area contributed by atoms with Gasteiger partial charge in [-0.25, -0.2) is 0 Å². The summed E-state index contributed by atoms with van der Waals surface area (Å²) in [6.07, 6.45) is 2.02. The molecule has 0 saturated carbocycles. The third kappa shape index (κ3) is 3.61. The Morgan fingerprint density at radius 3 is 2.21 bits per heavy atom. The average Bonchev–Trinajstić information content (AvgIpc) is 2.42. The van der Waals surface area contributed by atoms with Crippen molar-refractivity contribution in [2.75, 3.05) is 0 Å². The Balaban J connectivity index is 2.05. The molecule has 0 aliphatic heterocycles. The first-order valence-corrected chi connectivity index (χ1v) is 7.27. The third-order valence-corrected chi connectivity index (χ3v) is 4.25. The van der Waals surface area contributed by atoms with Crippen molar-refractivity contribution in [3.63, 3.8) is 0 Å². The first-order chi connectivity index (χ1) is 9.08. The van der Waals surface area contributed by atoms with Crippen molar-refractivity contribution in [1.82, 2.24) is 0 Å². The Bertz CT molecular complexity index is 543. The smallest absolute Gasteiger partial charge is 0.0588 e. The summed E-state index contributed by atoms with van der Waals surface area (Å²) >= 11 is 6.48. The zero-order chi connectivity index (χ0) is 13.8. The monoisotopic (exact) mass is 272 g/mol. The van der Waals surface area contributed by atoms with E-state index in [1.165, 1.54) is 27.8 Å². The predicted molar refractivity (Wildman–Crippen MR) is 84.0 cm³/mol. The van der Waals surface area contributed by atoms with Crippen molar-refractivity contribution in [1.29, 1.82) is 0 Å². The number of benzene rings is 2. The second kappa shape index (κ2) is 6.25. The van der Waals surface area contributed by atoms with Gasteiger partial charge in [-0.2, -0.15) is 0 Å². The highest BCUT2D eigenvalue weighted by atomic mass is 35.5. The highest BCUT2D eigenvalue weighted by Crippen LogP contribution is 2.27. The molecule has 1 atom stereocenters. The highest BCUT2D eigenvalue weighted by molar-refractivity contribution is 6.20. The number of halogens is 1. The van der Waals surface area contributed by atoms with E-state index in [1.807, 2.05) is 18.2 Å². The van der Waals surface area contributed by atoms with Gasteiger partial charge < -0.3 is 0 Å². The summed E-state index contributed by atoms with van der Waals surface area (Å²) in [7, 11) is 0. The van der Waals surface area contributed by atoms with Crippen LogP contribution >= 0.6 is 11.6 Å². The fraction of sp³-hybridized carbons (Fsp3) is 0.333. The van der Waals surface area contributed by atoms with Crippen LogP contribution in [0.15, 0.2) is 42.5 Å². The quantitative estimate of drug-likeness (QED) is 0.643. The fourth-order valence-corrected chi connectivity index (χ4v) is 2.65. The van der Waals surface area contributed by atoms with Gasteiger partial charge in [-0.1, -0.05) is 42.5 Å². The Morgan fingerprint density at radius 2 is 1.53 bits per heavy atom. The van der Waals surface area contributed by atoms with Gasteiger partial charge in [0.2, 0.25) is 0 Å². The lowest BCUT2D eigenvalue weighted by Gasteiger charge is -2.13. The van der Waals surface area contributed by atoms with Gasteiger partial charge in [0.05, 0.1) is 5.38 Å². The van der Waals surface area contributed by atoms with Crippen LogP contribution in [0.25, 0.3) is 0 Å². The van der Waals surface area contributed by atoms with Gasteiger partial charge in [0.15, 0.2) is 0 Å². The zero-order valence-corrected chi connectivity index (χ0v) is 12.7. The molecular weight excluding hydrogens is 252 g/mol. The molecule has 0 aliphatic rings. The van der Waals surface area contributed by atoms with Crippen molar-refractivity contribution in [2.45, 2.75) is 39.0 Å². The fourth-order valence-electron chi connectivity index (χ4n) is 2.40. The molecule has 2 aromatic carbocycles. The molecule has 0 heterocycles. The van der Waals surface area contributed by atoms with E-state index in [-0.39, 0.29) is 5.38 Å². The van der Waals surface area contributed by atoms with Gasteiger partial charge in [0, 0.05) is 0 Å². The Labute approximate surface area is 121 Å². The molecule has 0 fully saturated rings. The van der Waals surface area contributed by atoms with Gasteiger partial charge in [0.25, 0.3) is 0 Å². The van der Waals surface area contributed by atoms with E-state index in [9.17, 15) is 0 Å². The summed E-state index contributed by atoms with van der Waals surface area (Å²) in [6.45, 7) is 6.53. The van der Waals surface area contributed by atoms with E-state index in [4.69, 9.17) is 11.6 Å². The lowest BCUT2D eigenvalue weighted by molar-refractivity contribution is 0.789. The maximum absolute atomic E-state index is 6.48. The zero-order valence-electron chi connectivity index (χ0n) is 11.9. The molecule has 2 rings (SSSR count). The molecule has 100 valence electrons. The molecule has 0 aliphatic carbocycles. The van der Waals surface area contributed by atoms with Crippen LogP contribution < -0.4 is 0 Å². The predicted octanol–water partition coefficient (Wildman–Crippen LogP) is 5.52. The Kier molecular flexibility index (Phi) is 4.66. The number of aryl methyl sites for hydroxylation is 4. The standard InChI is InChI=1S/C18H21Cl/c1-13-11-15(3)17(12-14(13)2)9-10-18(19)16-7-5-4-6-8-16/h4-8,11-12,18H,9-10H2,1-3H3. The molecule has 19 heavy (non-hydrogen) atoms. The molecule has 0 amide bonds. The van der Waals surface area contributed by atoms with Crippen LogP contribution in [0.4, 0.5) is 0 Å². The summed E-state index contributed by atoms with van der Waals surface area (Å²) in [5, 5.41) is 0.0993. The van der Waals surface area contributed by atoms with Crippen molar-refractivity contribution in [3.05, 3.63) is 70.3 Å². The average molecular weight is 273 g/mol. The Hall–Kier alpha value is -1.27. The molecule has 0 nitrogen and oxygen atoms in total. The van der Waals surface area contributed by atoms with Crippen LogP contribution in [0, 0.1) is 20.8 Å². The largest absolute Gasteiger partial charge is 0.118 e. The molecule has 0 N–H and O–H groups in total. The molecule has 0 aromatic heterocycles. The van der Waals surface area contributed by atoms with Crippen molar-refractivity contribution in [3.8, 4) is 0 Å². The first kappa shape index (κ1) is 14.1. The van der Waals surface area contributed by atoms with E-state index in [2.05, 4.69) is 45.0 Å². The number of alkyl halides is 1. The number of hydrogen-bond acceptors (Lipinski definition) is 0. The summed E-state index contributed by atoms with van der Waals surface area (Å²) in [4.78, 5) is 0. The maximum Gasteiger partial charge on any atom is 0.0588 e. The summed E-state index contributed by atoms with van der Waals surface area (Å²) < 4.78 is 0. The van der Waals surface area contributed by atoms with Crippen LogP contribution in [0.2, 0.25) is 0 Å². The van der Waals surface area contributed by atoms with E-state index >= 15 is 0 Å². The van der Waals surface area contributed by atoms with E-state index < -0.39 is 0 Å². The summed E-state index contributed by atoms with van der Waals surface area (Å²) in [5.74, 6) is 0. The minimum Gasteiger partial charge on any atom is -0.118 e. The lowest BCUT2D eigenvalue weighted by atomic mass is 9.96. The number of rotatable bonds is 4. The van der Waals surface area contributed by atoms with Gasteiger partial charge >= 0.3 is 0 Å². The van der Waals surface area contributed by atoms with Crippen molar-refractivity contribution < 1.29 is 0 Å². The molecular formula is C18H21Cl. The third-order valence-electron chi connectivity index (χ3n) is 3.78. The molecule has 0 radical (unpaired) electrons. The molecule has 1 unspecified atom stereocenters. The van der Waals surface area contributed by atoms with Crippen LogP contribution in [-0.2, 0) is 6.42 Å². The minimum absolute atomic E-state index is 0.0993. The van der Waals surface area contributed by atoms with E-state index in [0.29, 0.717) is 0 Å². The maximum atomic E-state index is 6.48. The van der Waals surface area contributed by atoms with Gasteiger partial charge in [-0.3, -0.25) is 0 Å². The van der Waals surface area contributed by atoms with Crippen LogP contribution in [0.1, 0.15) is 39.6 Å². The van der Waals surface area contributed by atoms with E-state index in [0.717, 1.165) is 12.8 Å². The lowest BCUT2D eigenvalue weighted by Crippen LogP contribution is -1.97. The van der Waals surface area contributed by atoms with Gasteiger partial charge in [0.1, 0.15) is 0 Å². The Morgan fingerprint density at radius 1 is 0.895 bits per heavy atom. The normalized spacial score (nSPS) is 12.4. The molecule has 1 heteroatoms. The molecule has 0 saturated heterocycles. The first-order valence-electron chi connectivity index (χ1n) is 6.83. The SMILES string of the molecule is Cc1cc(C)c(CCC(Cl)c2ccccc2)cc1C. The molecule has 0 spiro atoms. The van der Waals surface area contributed by atoms with Crippen molar-refractivity contribution >= 4 is 11.6 Å².